The van der Waals surface area contributed by atoms with E-state index in [0.717, 1.165) is 30.2 Å². The molecule has 0 saturated carbocycles. The Labute approximate surface area is 151 Å². The molecular weight excluding hydrogens is 332 g/mol. The second-order valence-corrected chi connectivity index (χ2v) is 6.38. The largest absolute Gasteiger partial charge is 0.377 e. The number of hydrogen-bond acceptors (Lipinski definition) is 6. The predicted octanol–water partition coefficient (Wildman–Crippen LogP) is 3.13. The van der Waals surface area contributed by atoms with Gasteiger partial charge in [-0.25, -0.2) is 4.98 Å². The lowest BCUT2D eigenvalue weighted by Gasteiger charge is -2.33. The van der Waals surface area contributed by atoms with Crippen molar-refractivity contribution in [3.63, 3.8) is 0 Å². The molecule has 7 nitrogen and oxygen atoms in total. The van der Waals surface area contributed by atoms with Crippen molar-refractivity contribution >= 4 is 16.8 Å². The molecular formula is C19H20N4O3. The zero-order valence-electron chi connectivity index (χ0n) is 14.6. The second kappa shape index (κ2) is 7.21. The van der Waals surface area contributed by atoms with Gasteiger partial charge in [-0.3, -0.25) is 4.79 Å². The minimum absolute atomic E-state index is 0.105. The number of carbonyl (C=O) groups is 1. The van der Waals surface area contributed by atoms with Crippen LogP contribution in [0.3, 0.4) is 0 Å². The van der Waals surface area contributed by atoms with Crippen molar-refractivity contribution in [2.45, 2.75) is 31.9 Å². The fourth-order valence-corrected chi connectivity index (χ4v) is 3.35. The van der Waals surface area contributed by atoms with Crippen molar-refractivity contribution in [2.24, 2.45) is 0 Å². The number of hydrogen-bond donors (Lipinski definition) is 0. The molecule has 1 aromatic carbocycles. The molecule has 1 amide bonds. The Morgan fingerprint density at radius 2 is 2.12 bits per heavy atom. The molecule has 1 aliphatic heterocycles. The summed E-state index contributed by atoms with van der Waals surface area (Å²) in [5.74, 6) is 0.849. The van der Waals surface area contributed by atoms with Crippen molar-refractivity contribution in [1.82, 2.24) is 20.0 Å². The number of carbonyl (C=O) groups excluding carboxylic acids is 1. The summed E-state index contributed by atoms with van der Waals surface area (Å²) in [6.07, 6.45) is 2.77. The van der Waals surface area contributed by atoms with Crippen LogP contribution in [-0.2, 0) is 11.3 Å². The number of pyridine rings is 1. The second-order valence-electron chi connectivity index (χ2n) is 6.38. The van der Waals surface area contributed by atoms with Crippen LogP contribution in [-0.4, -0.2) is 39.6 Å². The molecule has 4 rings (SSSR count). The molecule has 0 bridgehead atoms. The quantitative estimate of drug-likeness (QED) is 0.717. The SMILES string of the molecule is COCc1noc(C2CCCCN2C(=O)c2ccc3ccccc3n2)n1. The van der Waals surface area contributed by atoms with E-state index in [1.165, 1.54) is 0 Å². The molecule has 7 heteroatoms. The van der Waals surface area contributed by atoms with Gasteiger partial charge in [-0.1, -0.05) is 29.4 Å². The highest BCUT2D eigenvalue weighted by molar-refractivity contribution is 5.95. The molecule has 3 heterocycles. The van der Waals surface area contributed by atoms with Crippen LogP contribution in [0.25, 0.3) is 10.9 Å². The van der Waals surface area contributed by atoms with Crippen molar-refractivity contribution in [2.75, 3.05) is 13.7 Å². The Kier molecular flexibility index (Phi) is 4.62. The van der Waals surface area contributed by atoms with E-state index in [1.807, 2.05) is 30.3 Å². The first-order valence-corrected chi connectivity index (χ1v) is 8.74. The number of benzene rings is 1. The lowest BCUT2D eigenvalue weighted by Crippen LogP contribution is -2.39. The third-order valence-corrected chi connectivity index (χ3v) is 4.62. The first-order chi connectivity index (χ1) is 12.8. The van der Waals surface area contributed by atoms with Gasteiger partial charge in [0.05, 0.1) is 5.52 Å². The van der Waals surface area contributed by atoms with Gasteiger partial charge in [0.2, 0.25) is 5.89 Å². The standard InChI is InChI=1S/C19H20N4O3/c1-25-12-17-21-18(26-22-17)16-8-4-5-11-23(16)19(24)15-10-9-13-6-2-3-7-14(13)20-15/h2-3,6-7,9-10,16H,4-5,8,11-12H2,1H3. The van der Waals surface area contributed by atoms with Gasteiger partial charge in [0.15, 0.2) is 5.82 Å². The van der Waals surface area contributed by atoms with Crippen LogP contribution in [0.15, 0.2) is 40.9 Å². The Morgan fingerprint density at radius 1 is 1.23 bits per heavy atom. The van der Waals surface area contributed by atoms with Gasteiger partial charge < -0.3 is 14.2 Å². The molecule has 1 atom stereocenters. The normalized spacial score (nSPS) is 17.6. The van der Waals surface area contributed by atoms with E-state index >= 15 is 0 Å². The van der Waals surface area contributed by atoms with Crippen LogP contribution in [0, 0.1) is 0 Å². The van der Waals surface area contributed by atoms with Crippen molar-refractivity contribution in [3.8, 4) is 0 Å². The van der Waals surface area contributed by atoms with Gasteiger partial charge in [-0.05, 0) is 31.4 Å². The highest BCUT2D eigenvalue weighted by atomic mass is 16.5. The van der Waals surface area contributed by atoms with Gasteiger partial charge >= 0.3 is 0 Å². The average Bonchev–Trinajstić information content (AvgIpc) is 3.16. The van der Waals surface area contributed by atoms with Crippen molar-refractivity contribution < 1.29 is 14.1 Å². The summed E-state index contributed by atoms with van der Waals surface area (Å²) in [4.78, 5) is 23.8. The van der Waals surface area contributed by atoms with E-state index in [1.54, 1.807) is 18.1 Å². The maximum absolute atomic E-state index is 13.1. The number of likely N-dealkylation sites (tertiary alicyclic amines) is 1. The van der Waals surface area contributed by atoms with E-state index in [4.69, 9.17) is 9.26 Å². The van der Waals surface area contributed by atoms with Gasteiger partial charge in [-0.15, -0.1) is 0 Å². The highest BCUT2D eigenvalue weighted by Crippen LogP contribution is 2.31. The lowest BCUT2D eigenvalue weighted by molar-refractivity contribution is 0.0556. The molecule has 0 spiro atoms. The first-order valence-electron chi connectivity index (χ1n) is 8.74. The van der Waals surface area contributed by atoms with E-state index in [9.17, 15) is 4.79 Å². The molecule has 2 aromatic heterocycles. The van der Waals surface area contributed by atoms with Crippen LogP contribution in [0.2, 0.25) is 0 Å². The summed E-state index contributed by atoms with van der Waals surface area (Å²) < 4.78 is 10.4. The Bertz CT molecular complexity index is 924. The number of fused-ring (bicyclic) bond motifs is 1. The Hall–Kier alpha value is -2.80. The van der Waals surface area contributed by atoms with Gasteiger partial charge in [-0.2, -0.15) is 4.98 Å². The Balaban J connectivity index is 1.62. The summed E-state index contributed by atoms with van der Waals surface area (Å²) in [6, 6.07) is 11.3. The summed E-state index contributed by atoms with van der Waals surface area (Å²) >= 11 is 0. The molecule has 1 saturated heterocycles. The smallest absolute Gasteiger partial charge is 0.273 e. The maximum atomic E-state index is 13.1. The van der Waals surface area contributed by atoms with Crippen LogP contribution in [0.4, 0.5) is 0 Å². The van der Waals surface area contributed by atoms with E-state index in [2.05, 4.69) is 15.1 Å². The van der Waals surface area contributed by atoms with Gasteiger partial charge in [0, 0.05) is 19.0 Å². The van der Waals surface area contributed by atoms with Crippen LogP contribution in [0.1, 0.15) is 47.5 Å². The summed E-state index contributed by atoms with van der Waals surface area (Å²) in [5.41, 5.74) is 1.25. The number of amides is 1. The minimum Gasteiger partial charge on any atom is -0.377 e. The number of methoxy groups -OCH3 is 1. The van der Waals surface area contributed by atoms with Crippen molar-refractivity contribution in [1.29, 1.82) is 0 Å². The number of piperidine rings is 1. The molecule has 1 aliphatic rings. The third-order valence-electron chi connectivity index (χ3n) is 4.62. The first kappa shape index (κ1) is 16.7. The molecule has 1 fully saturated rings. The lowest BCUT2D eigenvalue weighted by atomic mass is 10.0. The zero-order valence-corrected chi connectivity index (χ0v) is 14.6. The Morgan fingerprint density at radius 3 is 3.00 bits per heavy atom. The summed E-state index contributed by atoms with van der Waals surface area (Å²) in [6.45, 7) is 0.941. The number of rotatable bonds is 4. The molecule has 26 heavy (non-hydrogen) atoms. The predicted molar refractivity (Wildman–Crippen MR) is 94.4 cm³/mol. The van der Waals surface area contributed by atoms with E-state index in [0.29, 0.717) is 24.0 Å². The molecule has 134 valence electrons. The fourth-order valence-electron chi connectivity index (χ4n) is 3.35. The van der Waals surface area contributed by atoms with Crippen LogP contribution < -0.4 is 0 Å². The fraction of sp³-hybridized carbons (Fsp3) is 0.368. The number of ether oxygens (including phenoxy) is 1. The average molecular weight is 352 g/mol. The topological polar surface area (TPSA) is 81.4 Å². The van der Waals surface area contributed by atoms with Crippen LogP contribution >= 0.6 is 0 Å². The molecule has 1 unspecified atom stereocenters. The number of para-hydroxylation sites is 1. The van der Waals surface area contributed by atoms with E-state index in [-0.39, 0.29) is 18.6 Å². The van der Waals surface area contributed by atoms with E-state index < -0.39 is 0 Å². The van der Waals surface area contributed by atoms with Gasteiger partial charge in [0.1, 0.15) is 18.3 Å². The highest BCUT2D eigenvalue weighted by Gasteiger charge is 2.33. The zero-order chi connectivity index (χ0) is 17.9. The minimum atomic E-state index is -0.220. The molecule has 3 aromatic rings. The van der Waals surface area contributed by atoms with Crippen molar-refractivity contribution in [3.05, 3.63) is 53.8 Å². The maximum Gasteiger partial charge on any atom is 0.273 e. The monoisotopic (exact) mass is 352 g/mol. The molecule has 0 aliphatic carbocycles. The number of aromatic nitrogens is 3. The molecule has 0 N–H and O–H groups in total. The molecule has 0 radical (unpaired) electrons. The summed E-state index contributed by atoms with van der Waals surface area (Å²) in [7, 11) is 1.58. The summed E-state index contributed by atoms with van der Waals surface area (Å²) in [5, 5.41) is 4.94. The number of nitrogens with zero attached hydrogens (tertiary/aromatic N) is 4. The third kappa shape index (κ3) is 3.17. The van der Waals surface area contributed by atoms with Gasteiger partial charge in [0.25, 0.3) is 5.91 Å². The van der Waals surface area contributed by atoms with Crippen LogP contribution in [0.5, 0.6) is 0 Å².